The summed E-state index contributed by atoms with van der Waals surface area (Å²) in [5.41, 5.74) is 2.82. The van der Waals surface area contributed by atoms with E-state index < -0.39 is 10.0 Å². The highest BCUT2D eigenvalue weighted by molar-refractivity contribution is 9.10. The minimum atomic E-state index is -3.95. The van der Waals surface area contributed by atoms with Crippen LogP contribution in [0.3, 0.4) is 0 Å². The normalized spacial score (nSPS) is 11.6. The van der Waals surface area contributed by atoms with E-state index in [1.165, 1.54) is 31.4 Å². The van der Waals surface area contributed by atoms with Gasteiger partial charge in [0.05, 0.1) is 28.8 Å². The number of sulfonamides is 1. The van der Waals surface area contributed by atoms with Crippen molar-refractivity contribution in [3.63, 3.8) is 0 Å². The van der Waals surface area contributed by atoms with Gasteiger partial charge in [-0.1, -0.05) is 22.5 Å². The smallest absolute Gasteiger partial charge is 0.263 e. The predicted octanol–water partition coefficient (Wildman–Crippen LogP) is 4.76. The number of aromatic nitrogens is 2. The number of anilines is 1. The Balaban J connectivity index is 1.57. The Hall–Kier alpha value is -4.42. The van der Waals surface area contributed by atoms with Gasteiger partial charge >= 0.3 is 0 Å². The number of rotatable bonds is 9. The molecule has 4 rings (SSSR count). The number of amides is 1. The van der Waals surface area contributed by atoms with E-state index in [4.69, 9.17) is 0 Å². The molecule has 0 aliphatic carbocycles. The third-order valence-corrected chi connectivity index (χ3v) is 6.98. The molecule has 1 amide bonds. The Kier molecular flexibility index (Phi) is 8.24. The number of hydrogen-bond acceptors (Lipinski definition) is 7. The van der Waals surface area contributed by atoms with Crippen molar-refractivity contribution in [1.29, 1.82) is 0 Å². The zero-order chi connectivity index (χ0) is 27.1. The molecule has 38 heavy (non-hydrogen) atoms. The molecule has 0 saturated heterocycles. The number of ether oxygens (including phenoxy) is 1. The molecule has 10 nitrogen and oxygen atoms in total. The lowest BCUT2D eigenvalue weighted by atomic mass is 10.0. The van der Waals surface area contributed by atoms with Crippen LogP contribution in [0.1, 0.15) is 10.4 Å². The lowest BCUT2D eigenvalue weighted by Crippen LogP contribution is -2.22. The third kappa shape index (κ3) is 6.47. The summed E-state index contributed by atoms with van der Waals surface area (Å²) in [5.74, 6) is -0.510. The topological polar surface area (TPSA) is 135 Å². The maximum Gasteiger partial charge on any atom is 0.263 e. The average molecular weight is 593 g/mol. The number of fused-ring (bicyclic) bond motifs is 1. The Bertz CT molecular complexity index is 1660. The van der Waals surface area contributed by atoms with E-state index in [2.05, 4.69) is 57.2 Å². The van der Waals surface area contributed by atoms with Crippen LogP contribution in [0.5, 0.6) is 0 Å². The number of methoxy groups -OCH3 is 1. The quantitative estimate of drug-likeness (QED) is 0.212. The van der Waals surface area contributed by atoms with Crippen LogP contribution >= 0.6 is 15.9 Å². The van der Waals surface area contributed by atoms with Crippen molar-refractivity contribution in [2.24, 2.45) is 9.98 Å². The molecule has 0 unspecified atom stereocenters. The van der Waals surface area contributed by atoms with Crippen molar-refractivity contribution in [2.75, 3.05) is 12.4 Å². The summed E-state index contributed by atoms with van der Waals surface area (Å²) in [5, 5.41) is 3.48. The molecule has 12 heteroatoms. The number of halogens is 1. The van der Waals surface area contributed by atoms with Gasteiger partial charge < -0.3 is 10.1 Å². The number of benzene rings is 2. The second-order valence-electron chi connectivity index (χ2n) is 7.72. The fraction of sp³-hybridized carbons (Fsp3) is 0.0385. The van der Waals surface area contributed by atoms with Gasteiger partial charge in [-0.15, -0.1) is 0 Å². The Morgan fingerprint density at radius 1 is 1.13 bits per heavy atom. The molecule has 0 radical (unpaired) electrons. The summed E-state index contributed by atoms with van der Waals surface area (Å²) in [4.78, 5) is 29.6. The first kappa shape index (κ1) is 26.6. The first-order valence-corrected chi connectivity index (χ1v) is 13.3. The predicted molar refractivity (Wildman–Crippen MR) is 151 cm³/mol. The van der Waals surface area contributed by atoms with Gasteiger partial charge in [0.15, 0.2) is 6.40 Å². The van der Waals surface area contributed by atoms with Gasteiger partial charge in [-0.2, -0.15) is 0 Å². The fourth-order valence-corrected chi connectivity index (χ4v) is 4.73. The third-order valence-electron chi connectivity index (χ3n) is 5.09. The highest BCUT2D eigenvalue weighted by atomic mass is 79.9. The van der Waals surface area contributed by atoms with E-state index >= 15 is 0 Å². The van der Waals surface area contributed by atoms with Crippen LogP contribution in [-0.2, 0) is 14.8 Å². The Morgan fingerprint density at radius 2 is 1.92 bits per heavy atom. The number of hydrogen-bond donors (Lipinski definition) is 2. The van der Waals surface area contributed by atoms with Crippen molar-refractivity contribution in [3.05, 3.63) is 95.5 Å². The van der Waals surface area contributed by atoms with Crippen LogP contribution in [0.25, 0.3) is 22.2 Å². The van der Waals surface area contributed by atoms with Gasteiger partial charge in [0.25, 0.3) is 15.9 Å². The van der Waals surface area contributed by atoms with Crippen molar-refractivity contribution < 1.29 is 17.9 Å². The summed E-state index contributed by atoms with van der Waals surface area (Å²) in [7, 11) is -2.53. The molecule has 2 aromatic heterocycles. The zero-order valence-electron chi connectivity index (χ0n) is 20.0. The molecule has 192 valence electrons. The van der Waals surface area contributed by atoms with Gasteiger partial charge in [-0.25, -0.2) is 23.4 Å². The molecular weight excluding hydrogens is 572 g/mol. The number of carbonyl (C=O) groups is 1. The van der Waals surface area contributed by atoms with E-state index in [9.17, 15) is 13.2 Å². The Morgan fingerprint density at radius 3 is 2.63 bits per heavy atom. The average Bonchev–Trinajstić information content (AvgIpc) is 2.91. The van der Waals surface area contributed by atoms with Crippen molar-refractivity contribution in [2.45, 2.75) is 4.90 Å². The second kappa shape index (κ2) is 11.8. The van der Waals surface area contributed by atoms with E-state index in [1.54, 1.807) is 24.5 Å². The van der Waals surface area contributed by atoms with Gasteiger partial charge in [0, 0.05) is 33.5 Å². The molecule has 0 saturated carbocycles. The lowest BCUT2D eigenvalue weighted by Gasteiger charge is -2.12. The number of carbonyl (C=O) groups excluding carboxylic acids is 1. The standard InChI is InChI=1S/C26H21BrN6O4S/c1-17(30-15-29-16-37-2)33-38(35,36)21-8-6-20(7-9-21)31-26(34)23-13-25(18-4-3-11-28-14-18)32-24-10-5-19(27)12-22(23)24/h3-16,33H,1H2,2H3,(H,31,34)/b29-16+,30-15-. The number of nitrogens with zero attached hydrogens (tertiary/aromatic N) is 4. The van der Waals surface area contributed by atoms with Crippen LogP contribution in [0.15, 0.2) is 105 Å². The molecule has 4 aromatic rings. The summed E-state index contributed by atoms with van der Waals surface area (Å²) in [6.07, 6.45) is 5.56. The SMILES string of the molecule is C=C(/N=C\N=C\OC)NS(=O)(=O)c1ccc(NC(=O)c2cc(-c3cccnc3)nc3ccc(Br)cc23)cc1. The minimum absolute atomic E-state index is 0.0376. The second-order valence-corrected chi connectivity index (χ2v) is 10.3. The minimum Gasteiger partial charge on any atom is -0.486 e. The number of nitrogens with one attached hydrogen (secondary N) is 2. The van der Waals surface area contributed by atoms with E-state index in [0.29, 0.717) is 27.8 Å². The lowest BCUT2D eigenvalue weighted by molar-refractivity contribution is 0.102. The molecule has 0 fully saturated rings. The van der Waals surface area contributed by atoms with E-state index in [1.807, 2.05) is 24.3 Å². The van der Waals surface area contributed by atoms with E-state index in [-0.39, 0.29) is 16.6 Å². The maximum atomic E-state index is 13.3. The van der Waals surface area contributed by atoms with Gasteiger partial charge in [-0.05, 0) is 60.7 Å². The molecule has 0 aliphatic rings. The van der Waals surface area contributed by atoms with Crippen molar-refractivity contribution in [1.82, 2.24) is 14.7 Å². The summed E-state index contributed by atoms with van der Waals surface area (Å²) < 4.78 is 32.9. The van der Waals surface area contributed by atoms with Crippen molar-refractivity contribution in [3.8, 4) is 11.3 Å². The molecule has 0 atom stereocenters. The van der Waals surface area contributed by atoms with Gasteiger partial charge in [0.2, 0.25) is 0 Å². The Labute approximate surface area is 227 Å². The molecule has 2 heterocycles. The fourth-order valence-electron chi connectivity index (χ4n) is 3.40. The van der Waals surface area contributed by atoms with Crippen LogP contribution in [0.4, 0.5) is 5.69 Å². The first-order chi connectivity index (χ1) is 18.3. The van der Waals surface area contributed by atoms with Gasteiger partial charge in [0.1, 0.15) is 12.2 Å². The van der Waals surface area contributed by atoms with Crippen LogP contribution in [0.2, 0.25) is 0 Å². The molecule has 0 spiro atoms. The summed E-state index contributed by atoms with van der Waals surface area (Å²) in [6, 6.07) is 16.6. The van der Waals surface area contributed by atoms with Gasteiger partial charge in [-0.3, -0.25) is 14.5 Å². The summed E-state index contributed by atoms with van der Waals surface area (Å²) in [6.45, 7) is 3.54. The van der Waals surface area contributed by atoms with Crippen molar-refractivity contribution >= 4 is 61.2 Å². The molecule has 2 aromatic carbocycles. The highest BCUT2D eigenvalue weighted by Gasteiger charge is 2.17. The highest BCUT2D eigenvalue weighted by Crippen LogP contribution is 2.28. The van der Waals surface area contributed by atoms with E-state index in [0.717, 1.165) is 22.8 Å². The molecule has 0 aliphatic heterocycles. The maximum absolute atomic E-state index is 13.3. The molecule has 2 N–H and O–H groups in total. The number of pyridine rings is 2. The first-order valence-electron chi connectivity index (χ1n) is 11.0. The monoisotopic (exact) mass is 592 g/mol. The summed E-state index contributed by atoms with van der Waals surface area (Å²) >= 11 is 3.45. The van der Waals surface area contributed by atoms with Crippen LogP contribution < -0.4 is 10.0 Å². The zero-order valence-corrected chi connectivity index (χ0v) is 22.4. The molecule has 0 bridgehead atoms. The largest absolute Gasteiger partial charge is 0.486 e. The van der Waals surface area contributed by atoms with Crippen LogP contribution in [-0.4, -0.2) is 44.1 Å². The molecular formula is C26H21BrN6O4S. The van der Waals surface area contributed by atoms with Crippen LogP contribution in [0, 0.1) is 0 Å². The number of aliphatic imine (C=N–C) groups is 2.